The van der Waals surface area contributed by atoms with Crippen molar-refractivity contribution in [1.82, 2.24) is 15.5 Å². The average molecular weight is 271 g/mol. The molecule has 5 heteroatoms. The van der Waals surface area contributed by atoms with Crippen molar-refractivity contribution < 1.29 is 4.79 Å². The third-order valence-electron chi connectivity index (χ3n) is 4.09. The van der Waals surface area contributed by atoms with Crippen LogP contribution in [0.1, 0.15) is 32.6 Å². The lowest BCUT2D eigenvalue weighted by atomic mass is 9.92. The highest BCUT2D eigenvalue weighted by Gasteiger charge is 2.40. The number of hydrogen-bond acceptors (Lipinski definition) is 4. The molecule has 18 heavy (non-hydrogen) atoms. The molecule has 1 unspecified atom stereocenters. The Morgan fingerprint density at radius 3 is 2.89 bits per heavy atom. The second-order valence-corrected chi connectivity index (χ2v) is 6.30. The zero-order valence-corrected chi connectivity index (χ0v) is 12.1. The molecule has 0 aromatic rings. The van der Waals surface area contributed by atoms with Gasteiger partial charge in [-0.1, -0.05) is 0 Å². The SMILES string of the molecule is CCNC(=O)C1(S)CCCN(C2CCNCC2)C1. The van der Waals surface area contributed by atoms with Crippen LogP contribution in [-0.2, 0) is 4.79 Å². The van der Waals surface area contributed by atoms with Crippen molar-refractivity contribution in [3.05, 3.63) is 0 Å². The molecule has 0 saturated carbocycles. The fraction of sp³-hybridized carbons (Fsp3) is 0.923. The van der Waals surface area contributed by atoms with Crippen molar-refractivity contribution in [2.24, 2.45) is 0 Å². The first-order valence-corrected chi connectivity index (χ1v) is 7.56. The van der Waals surface area contributed by atoms with E-state index in [-0.39, 0.29) is 5.91 Å². The number of likely N-dealkylation sites (tertiary alicyclic amines) is 1. The van der Waals surface area contributed by atoms with Crippen LogP contribution in [-0.4, -0.2) is 54.3 Å². The fourth-order valence-electron chi connectivity index (χ4n) is 3.06. The van der Waals surface area contributed by atoms with Gasteiger partial charge in [-0.15, -0.1) is 0 Å². The Balaban J connectivity index is 1.96. The summed E-state index contributed by atoms with van der Waals surface area (Å²) in [6, 6.07) is 0.632. The lowest BCUT2D eigenvalue weighted by molar-refractivity contribution is -0.125. The molecule has 2 heterocycles. The number of piperidine rings is 2. The Labute approximate surface area is 115 Å². The summed E-state index contributed by atoms with van der Waals surface area (Å²) in [4.78, 5) is 14.6. The topological polar surface area (TPSA) is 44.4 Å². The van der Waals surface area contributed by atoms with Crippen LogP contribution >= 0.6 is 12.6 Å². The summed E-state index contributed by atoms with van der Waals surface area (Å²) in [5.74, 6) is 0.104. The second kappa shape index (κ2) is 6.26. The molecule has 2 saturated heterocycles. The summed E-state index contributed by atoms with van der Waals surface area (Å²) >= 11 is 4.69. The Morgan fingerprint density at radius 2 is 2.22 bits per heavy atom. The molecule has 0 radical (unpaired) electrons. The second-order valence-electron chi connectivity index (χ2n) is 5.45. The lowest BCUT2D eigenvalue weighted by Crippen LogP contribution is -2.57. The Kier molecular flexibility index (Phi) is 4.92. The van der Waals surface area contributed by atoms with E-state index in [1.807, 2.05) is 6.92 Å². The lowest BCUT2D eigenvalue weighted by Gasteiger charge is -2.43. The van der Waals surface area contributed by atoms with Gasteiger partial charge < -0.3 is 10.6 Å². The Bertz CT molecular complexity index is 294. The van der Waals surface area contributed by atoms with Gasteiger partial charge in [-0.3, -0.25) is 9.69 Å². The number of carbonyl (C=O) groups is 1. The molecule has 0 spiro atoms. The van der Waals surface area contributed by atoms with Crippen molar-refractivity contribution in [3.8, 4) is 0 Å². The standard InChI is InChI=1S/C13H25N3OS/c1-2-15-12(17)13(18)6-3-9-16(10-13)11-4-7-14-8-5-11/h11,14,18H,2-10H2,1H3,(H,15,17). The molecule has 0 aromatic carbocycles. The quantitative estimate of drug-likeness (QED) is 0.660. The van der Waals surface area contributed by atoms with Gasteiger partial charge in [0, 0.05) is 19.1 Å². The number of rotatable bonds is 3. The van der Waals surface area contributed by atoms with Gasteiger partial charge in [0.05, 0.1) is 0 Å². The highest BCUT2D eigenvalue weighted by Crippen LogP contribution is 2.30. The Morgan fingerprint density at radius 1 is 1.50 bits per heavy atom. The molecule has 0 aromatic heterocycles. The summed E-state index contributed by atoms with van der Waals surface area (Å²) < 4.78 is -0.487. The van der Waals surface area contributed by atoms with Crippen molar-refractivity contribution in [2.75, 3.05) is 32.7 Å². The molecule has 0 bridgehead atoms. The summed E-state index contributed by atoms with van der Waals surface area (Å²) in [7, 11) is 0. The van der Waals surface area contributed by atoms with E-state index in [4.69, 9.17) is 0 Å². The highest BCUT2D eigenvalue weighted by atomic mass is 32.1. The number of nitrogens with zero attached hydrogens (tertiary/aromatic N) is 1. The van der Waals surface area contributed by atoms with Crippen molar-refractivity contribution in [1.29, 1.82) is 0 Å². The van der Waals surface area contributed by atoms with Crippen LogP contribution in [0.2, 0.25) is 0 Å². The maximum Gasteiger partial charge on any atom is 0.237 e. The van der Waals surface area contributed by atoms with Crippen molar-refractivity contribution in [2.45, 2.75) is 43.4 Å². The summed E-state index contributed by atoms with van der Waals surface area (Å²) in [5, 5.41) is 6.32. The molecule has 104 valence electrons. The van der Waals surface area contributed by atoms with E-state index in [1.54, 1.807) is 0 Å². The van der Waals surface area contributed by atoms with Crippen LogP contribution in [0.25, 0.3) is 0 Å². The molecule has 2 aliphatic heterocycles. The number of amides is 1. The van der Waals surface area contributed by atoms with Crippen molar-refractivity contribution in [3.63, 3.8) is 0 Å². The van der Waals surface area contributed by atoms with E-state index >= 15 is 0 Å². The number of thiol groups is 1. The van der Waals surface area contributed by atoms with Gasteiger partial charge in [-0.05, 0) is 52.2 Å². The van der Waals surface area contributed by atoms with E-state index in [0.29, 0.717) is 12.6 Å². The zero-order valence-electron chi connectivity index (χ0n) is 11.2. The predicted octanol–water partition coefficient (Wildman–Crippen LogP) is 0.639. The molecule has 2 fully saturated rings. The molecule has 2 rings (SSSR count). The van der Waals surface area contributed by atoms with E-state index in [0.717, 1.165) is 39.0 Å². The largest absolute Gasteiger partial charge is 0.355 e. The molecular weight excluding hydrogens is 246 g/mol. The van der Waals surface area contributed by atoms with E-state index in [9.17, 15) is 4.79 Å². The summed E-state index contributed by atoms with van der Waals surface area (Å²) in [5.41, 5.74) is 0. The molecule has 0 aliphatic carbocycles. The first kappa shape index (κ1) is 14.2. The first-order valence-electron chi connectivity index (χ1n) is 7.11. The third kappa shape index (κ3) is 3.19. The predicted molar refractivity (Wildman–Crippen MR) is 77.1 cm³/mol. The molecular formula is C13H25N3OS. The molecule has 4 nitrogen and oxygen atoms in total. The Hall–Kier alpha value is -0.260. The van der Waals surface area contributed by atoms with E-state index in [2.05, 4.69) is 28.2 Å². The minimum atomic E-state index is -0.487. The van der Waals surface area contributed by atoms with Gasteiger partial charge in [0.1, 0.15) is 4.75 Å². The zero-order chi connectivity index (χ0) is 13.0. The molecule has 1 amide bonds. The average Bonchev–Trinajstić information content (AvgIpc) is 2.40. The van der Waals surface area contributed by atoms with Gasteiger partial charge in [0.2, 0.25) is 5.91 Å². The summed E-state index contributed by atoms with van der Waals surface area (Å²) in [6.45, 7) is 6.76. The summed E-state index contributed by atoms with van der Waals surface area (Å²) in [6.07, 6.45) is 4.35. The highest BCUT2D eigenvalue weighted by molar-refractivity contribution is 7.82. The smallest absolute Gasteiger partial charge is 0.237 e. The maximum atomic E-state index is 12.1. The molecule has 2 N–H and O–H groups in total. The van der Waals surface area contributed by atoms with E-state index in [1.165, 1.54) is 12.8 Å². The van der Waals surface area contributed by atoms with E-state index < -0.39 is 4.75 Å². The third-order valence-corrected chi connectivity index (χ3v) is 4.65. The van der Waals surface area contributed by atoms with Crippen LogP contribution in [0.3, 0.4) is 0 Å². The van der Waals surface area contributed by atoms with Gasteiger partial charge in [-0.2, -0.15) is 12.6 Å². The van der Waals surface area contributed by atoms with Crippen LogP contribution < -0.4 is 10.6 Å². The monoisotopic (exact) mass is 271 g/mol. The molecule has 2 aliphatic rings. The minimum Gasteiger partial charge on any atom is -0.355 e. The van der Waals surface area contributed by atoms with Crippen LogP contribution in [0, 0.1) is 0 Å². The van der Waals surface area contributed by atoms with Crippen LogP contribution in [0.15, 0.2) is 0 Å². The molecule has 1 atom stereocenters. The normalized spacial score (nSPS) is 31.2. The fourth-order valence-corrected chi connectivity index (χ4v) is 3.48. The number of hydrogen-bond donors (Lipinski definition) is 3. The van der Waals surface area contributed by atoms with Crippen LogP contribution in [0.5, 0.6) is 0 Å². The van der Waals surface area contributed by atoms with Crippen molar-refractivity contribution >= 4 is 18.5 Å². The van der Waals surface area contributed by atoms with Gasteiger partial charge >= 0.3 is 0 Å². The van der Waals surface area contributed by atoms with Gasteiger partial charge in [-0.25, -0.2) is 0 Å². The number of carbonyl (C=O) groups excluding carboxylic acids is 1. The first-order chi connectivity index (χ1) is 8.65. The van der Waals surface area contributed by atoms with Gasteiger partial charge in [0.25, 0.3) is 0 Å². The number of nitrogens with one attached hydrogen (secondary N) is 2. The minimum absolute atomic E-state index is 0.104. The van der Waals surface area contributed by atoms with Crippen LogP contribution in [0.4, 0.5) is 0 Å². The maximum absolute atomic E-state index is 12.1. The van der Waals surface area contributed by atoms with Gasteiger partial charge in [0.15, 0.2) is 0 Å².